The second kappa shape index (κ2) is 4.66. The molecule has 1 saturated carbocycles. The molecular formula is C15H13N3O2S. The van der Waals surface area contributed by atoms with Gasteiger partial charge in [0.25, 0.3) is 0 Å². The Labute approximate surface area is 125 Å². The Morgan fingerprint density at radius 1 is 1.43 bits per heavy atom. The van der Waals surface area contributed by atoms with E-state index in [-0.39, 0.29) is 0 Å². The van der Waals surface area contributed by atoms with Crippen LogP contribution in [0.25, 0.3) is 15.9 Å². The van der Waals surface area contributed by atoms with Crippen molar-refractivity contribution in [3.63, 3.8) is 0 Å². The molecule has 0 N–H and O–H groups in total. The zero-order valence-corrected chi connectivity index (χ0v) is 12.3. The fourth-order valence-corrected chi connectivity index (χ4v) is 3.28. The topological polar surface area (TPSA) is 57.0 Å². The van der Waals surface area contributed by atoms with Gasteiger partial charge in [0.15, 0.2) is 0 Å². The Morgan fingerprint density at radius 2 is 2.29 bits per heavy atom. The zero-order valence-electron chi connectivity index (χ0n) is 11.4. The van der Waals surface area contributed by atoms with E-state index in [4.69, 9.17) is 4.74 Å². The molecule has 1 aliphatic rings. The van der Waals surface area contributed by atoms with E-state index in [0.29, 0.717) is 10.9 Å². The third-order valence-electron chi connectivity index (χ3n) is 3.63. The summed E-state index contributed by atoms with van der Waals surface area (Å²) in [5.41, 5.74) is 2.89. The SMILES string of the molecule is COC(=O)c1nc2c(-n3cnc(C4CC4)c3)cccc2s1. The lowest BCUT2D eigenvalue weighted by atomic mass is 10.3. The summed E-state index contributed by atoms with van der Waals surface area (Å²) in [6.45, 7) is 0. The molecule has 1 aliphatic carbocycles. The van der Waals surface area contributed by atoms with Crippen molar-refractivity contribution in [2.45, 2.75) is 18.8 Å². The van der Waals surface area contributed by atoms with Gasteiger partial charge in [0.05, 0.1) is 29.5 Å². The number of rotatable bonds is 3. The Balaban J connectivity index is 1.83. The molecule has 0 unspecified atom stereocenters. The largest absolute Gasteiger partial charge is 0.464 e. The molecule has 0 saturated heterocycles. The average Bonchev–Trinajstić information content (AvgIpc) is 3.08. The Morgan fingerprint density at radius 3 is 3.05 bits per heavy atom. The normalized spacial score (nSPS) is 14.5. The lowest BCUT2D eigenvalue weighted by Crippen LogP contribution is -1.99. The fraction of sp³-hybridized carbons (Fsp3) is 0.267. The lowest BCUT2D eigenvalue weighted by molar-refractivity contribution is 0.0600. The molecule has 1 aromatic carbocycles. The molecule has 0 radical (unpaired) electrons. The molecule has 0 spiro atoms. The number of aromatic nitrogens is 3. The number of fused-ring (bicyclic) bond motifs is 1. The summed E-state index contributed by atoms with van der Waals surface area (Å²) >= 11 is 1.34. The number of carbonyl (C=O) groups is 1. The van der Waals surface area contributed by atoms with Gasteiger partial charge in [0, 0.05) is 12.1 Å². The number of methoxy groups -OCH3 is 1. The average molecular weight is 299 g/mol. The van der Waals surface area contributed by atoms with Crippen LogP contribution in [0.4, 0.5) is 0 Å². The minimum absolute atomic E-state index is 0.377. The molecule has 0 bridgehead atoms. The monoisotopic (exact) mass is 299 g/mol. The van der Waals surface area contributed by atoms with Gasteiger partial charge >= 0.3 is 5.97 Å². The van der Waals surface area contributed by atoms with Gasteiger partial charge in [-0.1, -0.05) is 6.07 Å². The van der Waals surface area contributed by atoms with Crippen molar-refractivity contribution in [3.05, 3.63) is 41.4 Å². The number of para-hydroxylation sites is 1. The molecule has 3 aromatic rings. The summed E-state index contributed by atoms with van der Waals surface area (Å²) in [6, 6.07) is 5.91. The Kier molecular flexibility index (Phi) is 2.78. The van der Waals surface area contributed by atoms with Crippen molar-refractivity contribution in [2.75, 3.05) is 7.11 Å². The van der Waals surface area contributed by atoms with Crippen molar-refractivity contribution in [1.82, 2.24) is 14.5 Å². The number of hydrogen-bond donors (Lipinski definition) is 0. The lowest BCUT2D eigenvalue weighted by Gasteiger charge is -2.02. The van der Waals surface area contributed by atoms with E-state index in [9.17, 15) is 4.79 Å². The van der Waals surface area contributed by atoms with Crippen LogP contribution in [0.2, 0.25) is 0 Å². The van der Waals surface area contributed by atoms with Crippen molar-refractivity contribution in [2.24, 2.45) is 0 Å². The molecule has 5 nitrogen and oxygen atoms in total. The molecule has 106 valence electrons. The highest BCUT2D eigenvalue weighted by Crippen LogP contribution is 2.39. The van der Waals surface area contributed by atoms with Crippen molar-refractivity contribution >= 4 is 27.5 Å². The predicted molar refractivity (Wildman–Crippen MR) is 80.1 cm³/mol. The summed E-state index contributed by atoms with van der Waals surface area (Å²) in [4.78, 5) is 20.5. The molecule has 0 aliphatic heterocycles. The molecular weight excluding hydrogens is 286 g/mol. The summed E-state index contributed by atoms with van der Waals surface area (Å²) in [5.74, 6) is 0.220. The number of thiazole rings is 1. The van der Waals surface area contributed by atoms with Crippen LogP contribution >= 0.6 is 11.3 Å². The predicted octanol–water partition coefficient (Wildman–Crippen LogP) is 3.15. The fourth-order valence-electron chi connectivity index (χ4n) is 2.38. The van der Waals surface area contributed by atoms with Crippen LogP contribution in [0.3, 0.4) is 0 Å². The van der Waals surface area contributed by atoms with Gasteiger partial charge in [-0.3, -0.25) is 0 Å². The number of esters is 1. The summed E-state index contributed by atoms with van der Waals surface area (Å²) in [6.07, 6.45) is 6.33. The van der Waals surface area contributed by atoms with Crippen LogP contribution in [-0.4, -0.2) is 27.6 Å². The standard InChI is InChI=1S/C15H13N3O2S/c1-20-15(19)14-17-13-11(3-2-4-12(13)21-14)18-7-10(16-8-18)9-5-6-9/h2-4,7-9H,5-6H2,1H3. The molecule has 0 atom stereocenters. The summed E-state index contributed by atoms with van der Waals surface area (Å²) in [5, 5.41) is 0.377. The van der Waals surface area contributed by atoms with E-state index in [0.717, 1.165) is 21.6 Å². The van der Waals surface area contributed by atoms with Crippen LogP contribution in [0.5, 0.6) is 0 Å². The highest BCUT2D eigenvalue weighted by Gasteiger charge is 2.26. The number of benzene rings is 1. The first-order valence-corrected chi connectivity index (χ1v) is 7.60. The Hall–Kier alpha value is -2.21. The van der Waals surface area contributed by atoms with E-state index >= 15 is 0 Å². The van der Waals surface area contributed by atoms with Gasteiger partial charge in [0.2, 0.25) is 5.01 Å². The van der Waals surface area contributed by atoms with E-state index < -0.39 is 5.97 Å². The number of imidazole rings is 1. The van der Waals surface area contributed by atoms with E-state index in [2.05, 4.69) is 16.2 Å². The number of ether oxygens (including phenoxy) is 1. The number of hydrogen-bond acceptors (Lipinski definition) is 5. The highest BCUT2D eigenvalue weighted by molar-refractivity contribution is 7.20. The van der Waals surface area contributed by atoms with Gasteiger partial charge < -0.3 is 9.30 Å². The molecule has 6 heteroatoms. The molecule has 1 fully saturated rings. The van der Waals surface area contributed by atoms with Gasteiger partial charge in [-0.2, -0.15) is 0 Å². The molecule has 21 heavy (non-hydrogen) atoms. The molecule has 2 heterocycles. The van der Waals surface area contributed by atoms with Gasteiger partial charge in [-0.15, -0.1) is 11.3 Å². The van der Waals surface area contributed by atoms with Crippen LogP contribution < -0.4 is 0 Å². The Bertz CT molecular complexity index is 832. The quantitative estimate of drug-likeness (QED) is 0.697. The van der Waals surface area contributed by atoms with Crippen molar-refractivity contribution in [1.29, 1.82) is 0 Å². The molecule has 4 rings (SSSR count). The summed E-state index contributed by atoms with van der Waals surface area (Å²) in [7, 11) is 1.37. The molecule has 2 aromatic heterocycles. The third kappa shape index (κ3) is 2.12. The minimum atomic E-state index is -0.397. The van der Waals surface area contributed by atoms with Crippen LogP contribution in [-0.2, 0) is 4.74 Å². The minimum Gasteiger partial charge on any atom is -0.464 e. The highest BCUT2D eigenvalue weighted by atomic mass is 32.1. The van der Waals surface area contributed by atoms with E-state index in [1.165, 1.54) is 31.3 Å². The van der Waals surface area contributed by atoms with Crippen LogP contribution in [0.1, 0.15) is 34.3 Å². The van der Waals surface area contributed by atoms with Gasteiger partial charge in [0.1, 0.15) is 5.52 Å². The smallest absolute Gasteiger partial charge is 0.367 e. The van der Waals surface area contributed by atoms with E-state index in [1.807, 2.05) is 29.1 Å². The zero-order chi connectivity index (χ0) is 14.4. The maximum absolute atomic E-state index is 11.6. The molecule has 0 amide bonds. The second-order valence-electron chi connectivity index (χ2n) is 5.11. The number of nitrogens with zero attached hydrogens (tertiary/aromatic N) is 3. The summed E-state index contributed by atoms with van der Waals surface area (Å²) < 4.78 is 7.70. The van der Waals surface area contributed by atoms with Gasteiger partial charge in [-0.05, 0) is 25.0 Å². The maximum atomic E-state index is 11.6. The van der Waals surface area contributed by atoms with Crippen LogP contribution in [0.15, 0.2) is 30.7 Å². The number of carbonyl (C=O) groups excluding carboxylic acids is 1. The first-order valence-electron chi connectivity index (χ1n) is 6.78. The first-order chi connectivity index (χ1) is 10.3. The first kappa shape index (κ1) is 12.5. The van der Waals surface area contributed by atoms with Crippen molar-refractivity contribution in [3.8, 4) is 5.69 Å². The van der Waals surface area contributed by atoms with E-state index in [1.54, 1.807) is 0 Å². The maximum Gasteiger partial charge on any atom is 0.367 e. The van der Waals surface area contributed by atoms with Crippen LogP contribution in [0, 0.1) is 0 Å². The second-order valence-corrected chi connectivity index (χ2v) is 6.15. The third-order valence-corrected chi connectivity index (χ3v) is 4.63. The van der Waals surface area contributed by atoms with Crippen molar-refractivity contribution < 1.29 is 9.53 Å². The van der Waals surface area contributed by atoms with Gasteiger partial charge in [-0.25, -0.2) is 14.8 Å².